The van der Waals surface area contributed by atoms with E-state index in [9.17, 15) is 9.59 Å². The second-order valence-electron chi connectivity index (χ2n) is 2.96. The molecule has 0 amide bonds. The van der Waals surface area contributed by atoms with Crippen LogP contribution >= 0.6 is 39.1 Å². The fraction of sp³-hybridized carbons (Fsp3) is 0.200. The molecule has 1 unspecified atom stereocenters. The number of Topliss-reactive ketones (excluding diaryl/α,β-unsaturated/α-hetero) is 2. The monoisotopic (exact) mass is 308 g/mol. The minimum absolute atomic E-state index is 0.356. The molecule has 0 aliphatic rings. The first-order valence-corrected chi connectivity index (χ1v) is 5.74. The third kappa shape index (κ3) is 3.03. The fourth-order valence-corrected chi connectivity index (χ4v) is 1.91. The maximum atomic E-state index is 11.4. The Hall–Kier alpha value is -0.380. The average molecular weight is 310 g/mol. The Morgan fingerprint density at radius 3 is 2.33 bits per heavy atom. The lowest BCUT2D eigenvalue weighted by atomic mass is 10.1. The van der Waals surface area contributed by atoms with Gasteiger partial charge in [0.05, 0.1) is 10.0 Å². The highest BCUT2D eigenvalue weighted by atomic mass is 79.9. The average Bonchev–Trinajstić information content (AvgIpc) is 2.19. The van der Waals surface area contributed by atoms with E-state index in [2.05, 4.69) is 15.9 Å². The number of hydrogen-bond acceptors (Lipinski definition) is 2. The predicted octanol–water partition coefficient (Wildman–Crippen LogP) is 3.59. The van der Waals surface area contributed by atoms with Crippen molar-refractivity contribution in [2.24, 2.45) is 0 Å². The number of rotatable bonds is 3. The molecular weight excluding hydrogens is 303 g/mol. The molecule has 5 heteroatoms. The van der Waals surface area contributed by atoms with E-state index in [1.54, 1.807) is 18.2 Å². The van der Waals surface area contributed by atoms with E-state index in [1.807, 2.05) is 0 Å². The second kappa shape index (κ2) is 5.10. The van der Waals surface area contributed by atoms with Crippen LogP contribution in [0.5, 0.6) is 0 Å². The molecule has 0 bridgehead atoms. The highest BCUT2D eigenvalue weighted by Crippen LogP contribution is 2.30. The molecule has 0 spiro atoms. The van der Waals surface area contributed by atoms with Crippen LogP contribution in [0.4, 0.5) is 0 Å². The van der Waals surface area contributed by atoms with Gasteiger partial charge in [0.25, 0.3) is 0 Å². The van der Waals surface area contributed by atoms with Gasteiger partial charge in [-0.25, -0.2) is 0 Å². The second-order valence-corrected chi connectivity index (χ2v) is 4.69. The smallest absolute Gasteiger partial charge is 0.216 e. The number of ketones is 2. The Balaban J connectivity index is 3.02. The van der Waals surface area contributed by atoms with E-state index in [0.29, 0.717) is 15.6 Å². The van der Waals surface area contributed by atoms with E-state index in [0.717, 1.165) is 0 Å². The molecule has 1 rings (SSSR count). The number of halogens is 3. The molecule has 0 aromatic heterocycles. The van der Waals surface area contributed by atoms with Crippen molar-refractivity contribution < 1.29 is 9.59 Å². The summed E-state index contributed by atoms with van der Waals surface area (Å²) in [5.41, 5.74) is 0.615. The molecule has 2 nitrogen and oxygen atoms in total. The zero-order valence-corrected chi connectivity index (χ0v) is 10.9. The summed E-state index contributed by atoms with van der Waals surface area (Å²) in [7, 11) is 0. The molecule has 1 atom stereocenters. The number of hydrogen-bond donors (Lipinski definition) is 0. The lowest BCUT2D eigenvalue weighted by Crippen LogP contribution is -2.15. The number of carbonyl (C=O) groups is 2. The van der Waals surface area contributed by atoms with Gasteiger partial charge in [0.15, 0.2) is 5.78 Å². The van der Waals surface area contributed by atoms with Crippen molar-refractivity contribution >= 4 is 50.7 Å². The molecule has 15 heavy (non-hydrogen) atoms. The summed E-state index contributed by atoms with van der Waals surface area (Å²) in [6.45, 7) is 1.23. The van der Waals surface area contributed by atoms with Crippen LogP contribution in [0.3, 0.4) is 0 Å². The Bertz CT molecular complexity index is 418. The van der Waals surface area contributed by atoms with Gasteiger partial charge in [-0.3, -0.25) is 9.59 Å². The first kappa shape index (κ1) is 12.7. The topological polar surface area (TPSA) is 34.1 Å². The number of alkyl halides is 1. The first-order valence-electron chi connectivity index (χ1n) is 4.07. The Morgan fingerprint density at radius 2 is 1.87 bits per heavy atom. The Morgan fingerprint density at radius 1 is 1.27 bits per heavy atom. The van der Waals surface area contributed by atoms with Crippen LogP contribution in [0.15, 0.2) is 18.2 Å². The van der Waals surface area contributed by atoms with Crippen molar-refractivity contribution in [3.05, 3.63) is 33.8 Å². The maximum absolute atomic E-state index is 11.4. The van der Waals surface area contributed by atoms with Crippen LogP contribution in [0, 0.1) is 0 Å². The van der Waals surface area contributed by atoms with Crippen molar-refractivity contribution in [2.45, 2.75) is 11.8 Å². The summed E-state index contributed by atoms with van der Waals surface area (Å²) in [6.07, 6.45) is 0. The van der Waals surface area contributed by atoms with Gasteiger partial charge in [0.1, 0.15) is 4.83 Å². The van der Waals surface area contributed by atoms with E-state index in [1.165, 1.54) is 6.92 Å². The van der Waals surface area contributed by atoms with Crippen molar-refractivity contribution in [3.8, 4) is 0 Å². The molecule has 0 heterocycles. The molecule has 0 saturated carbocycles. The minimum atomic E-state index is -0.662. The van der Waals surface area contributed by atoms with Crippen molar-refractivity contribution in [3.63, 3.8) is 0 Å². The zero-order valence-electron chi connectivity index (χ0n) is 7.76. The molecule has 0 N–H and O–H groups in total. The highest BCUT2D eigenvalue weighted by molar-refractivity contribution is 9.09. The van der Waals surface area contributed by atoms with Crippen LogP contribution < -0.4 is 0 Å². The molecule has 0 radical (unpaired) electrons. The quantitative estimate of drug-likeness (QED) is 0.631. The van der Waals surface area contributed by atoms with Gasteiger partial charge in [-0.2, -0.15) is 0 Å². The third-order valence-corrected chi connectivity index (χ3v) is 3.50. The molecule has 0 aliphatic heterocycles. The third-order valence-electron chi connectivity index (χ3n) is 1.81. The maximum Gasteiger partial charge on any atom is 0.216 e. The summed E-state index contributed by atoms with van der Waals surface area (Å²) >= 11 is 14.7. The van der Waals surface area contributed by atoms with Crippen molar-refractivity contribution in [2.75, 3.05) is 0 Å². The van der Waals surface area contributed by atoms with Crippen LogP contribution in [0.2, 0.25) is 10.0 Å². The van der Waals surface area contributed by atoms with Gasteiger partial charge in [0, 0.05) is 6.92 Å². The molecule has 0 aliphatic carbocycles. The Kier molecular flexibility index (Phi) is 4.32. The van der Waals surface area contributed by atoms with Gasteiger partial charge in [-0.05, 0) is 17.7 Å². The lowest BCUT2D eigenvalue weighted by Gasteiger charge is -2.07. The van der Waals surface area contributed by atoms with E-state index in [-0.39, 0.29) is 0 Å². The van der Waals surface area contributed by atoms with Crippen LogP contribution in [-0.2, 0) is 9.59 Å². The summed E-state index contributed by atoms with van der Waals surface area (Å²) in [5, 5.41) is 0.769. The van der Waals surface area contributed by atoms with Gasteiger partial charge in [-0.1, -0.05) is 45.2 Å². The predicted molar refractivity (Wildman–Crippen MR) is 63.8 cm³/mol. The van der Waals surface area contributed by atoms with E-state index in [4.69, 9.17) is 23.2 Å². The molecular formula is C10H7BrCl2O2. The number of carbonyl (C=O) groups excluding carboxylic acids is 2. The van der Waals surface area contributed by atoms with Crippen LogP contribution in [0.1, 0.15) is 17.3 Å². The lowest BCUT2D eigenvalue weighted by molar-refractivity contribution is -0.135. The van der Waals surface area contributed by atoms with Crippen LogP contribution in [-0.4, -0.2) is 11.6 Å². The highest BCUT2D eigenvalue weighted by Gasteiger charge is 2.21. The minimum Gasteiger partial charge on any atom is -0.291 e. The molecule has 80 valence electrons. The van der Waals surface area contributed by atoms with Gasteiger partial charge in [-0.15, -0.1) is 0 Å². The molecule has 0 saturated heterocycles. The fourth-order valence-electron chi connectivity index (χ4n) is 1.000. The summed E-state index contributed by atoms with van der Waals surface area (Å²) in [4.78, 5) is 21.6. The van der Waals surface area contributed by atoms with Gasteiger partial charge >= 0.3 is 0 Å². The van der Waals surface area contributed by atoms with Gasteiger partial charge < -0.3 is 0 Å². The standard InChI is InChI=1S/C10H7BrCl2O2/c1-5(14)10(15)9(11)6-2-3-7(12)8(13)4-6/h2-4,9H,1H3. The molecule has 0 fully saturated rings. The van der Waals surface area contributed by atoms with Gasteiger partial charge in [0.2, 0.25) is 5.78 Å². The molecule has 1 aromatic carbocycles. The van der Waals surface area contributed by atoms with E-state index < -0.39 is 16.4 Å². The normalized spacial score (nSPS) is 12.3. The Labute approximate surface area is 106 Å². The zero-order chi connectivity index (χ0) is 11.6. The first-order chi connectivity index (χ1) is 6.93. The largest absolute Gasteiger partial charge is 0.291 e. The van der Waals surface area contributed by atoms with Crippen molar-refractivity contribution in [1.29, 1.82) is 0 Å². The summed E-state index contributed by atoms with van der Waals surface area (Å²) in [5.74, 6) is -1.00. The number of benzene rings is 1. The summed E-state index contributed by atoms with van der Waals surface area (Å²) < 4.78 is 0. The van der Waals surface area contributed by atoms with E-state index >= 15 is 0 Å². The molecule has 1 aromatic rings. The van der Waals surface area contributed by atoms with Crippen molar-refractivity contribution in [1.82, 2.24) is 0 Å². The van der Waals surface area contributed by atoms with Crippen LogP contribution in [0.25, 0.3) is 0 Å². The SMILES string of the molecule is CC(=O)C(=O)C(Br)c1ccc(Cl)c(Cl)c1. The summed E-state index contributed by atoms with van der Waals surface area (Å²) in [6, 6.07) is 4.79.